The fraction of sp³-hybridized carbons (Fsp3) is 0.143. The molecule has 0 bridgehead atoms. The minimum absolute atomic E-state index is 0.650. The van der Waals surface area contributed by atoms with Gasteiger partial charge < -0.3 is 4.52 Å². The summed E-state index contributed by atoms with van der Waals surface area (Å²) in [5, 5.41) is 13.7. The summed E-state index contributed by atoms with van der Waals surface area (Å²) in [6, 6.07) is 20.3. The summed E-state index contributed by atoms with van der Waals surface area (Å²) in [5.74, 6) is 3.05. The van der Waals surface area contributed by atoms with Crippen LogP contribution in [0.5, 0.6) is 0 Å². The van der Waals surface area contributed by atoms with E-state index in [2.05, 4.69) is 38.1 Å². The van der Waals surface area contributed by atoms with Gasteiger partial charge in [0.05, 0.1) is 27.4 Å². The lowest BCUT2D eigenvalue weighted by Crippen LogP contribution is -2.01. The van der Waals surface area contributed by atoms with Gasteiger partial charge in [-0.25, -0.2) is 4.98 Å². The van der Waals surface area contributed by atoms with E-state index in [0.717, 1.165) is 38.0 Å². The van der Waals surface area contributed by atoms with Crippen molar-refractivity contribution in [3.63, 3.8) is 0 Å². The summed E-state index contributed by atoms with van der Waals surface area (Å²) in [5.41, 5.74) is 2.95. The summed E-state index contributed by atoms with van der Waals surface area (Å²) in [4.78, 5) is 4.71. The molecule has 0 aliphatic heterocycles. The van der Waals surface area contributed by atoms with Crippen molar-refractivity contribution in [2.75, 3.05) is 0 Å². The quantitative estimate of drug-likeness (QED) is 0.291. The normalized spacial score (nSPS) is 11.4. The van der Waals surface area contributed by atoms with Gasteiger partial charge in [0.1, 0.15) is 11.6 Å². The second-order valence-corrected chi connectivity index (χ2v) is 9.72. The molecule has 5 aromatic rings. The maximum Gasteiger partial charge on any atom is 0.196 e. The molecule has 0 saturated heterocycles. The molecule has 0 aliphatic rings. The van der Waals surface area contributed by atoms with E-state index in [4.69, 9.17) is 9.51 Å². The smallest absolute Gasteiger partial charge is 0.196 e. The van der Waals surface area contributed by atoms with E-state index in [-0.39, 0.29) is 0 Å². The van der Waals surface area contributed by atoms with E-state index < -0.39 is 0 Å². The van der Waals surface area contributed by atoms with Crippen molar-refractivity contribution < 1.29 is 4.52 Å². The second kappa shape index (κ2) is 8.63. The number of fused-ring (bicyclic) bond motifs is 1. The maximum absolute atomic E-state index is 5.33. The molecular formula is C21H17N5OS3. The van der Waals surface area contributed by atoms with E-state index >= 15 is 0 Å². The molecule has 30 heavy (non-hydrogen) atoms. The Kier molecular flexibility index (Phi) is 5.56. The molecular weight excluding hydrogens is 434 g/mol. The summed E-state index contributed by atoms with van der Waals surface area (Å²) in [7, 11) is 0. The Hall–Kier alpha value is -2.62. The predicted octanol–water partition coefficient (Wildman–Crippen LogP) is 5.76. The first-order valence-electron chi connectivity index (χ1n) is 9.29. The topological polar surface area (TPSA) is 69.6 Å². The molecule has 0 saturated carbocycles. The number of nitrogens with zero attached hydrogens (tertiary/aromatic N) is 5. The Bertz CT molecular complexity index is 1250. The van der Waals surface area contributed by atoms with Crippen LogP contribution in [0, 0.1) is 6.92 Å². The molecule has 0 fully saturated rings. The van der Waals surface area contributed by atoms with Gasteiger partial charge >= 0.3 is 0 Å². The monoisotopic (exact) mass is 451 g/mol. The highest BCUT2D eigenvalue weighted by molar-refractivity contribution is 8.00. The molecule has 5 rings (SSSR count). The van der Waals surface area contributed by atoms with Crippen LogP contribution in [0.4, 0.5) is 0 Å². The van der Waals surface area contributed by atoms with Crippen LogP contribution < -0.4 is 0 Å². The van der Waals surface area contributed by atoms with Gasteiger partial charge in [0, 0.05) is 11.8 Å². The number of aromatic nitrogens is 5. The first-order valence-corrected chi connectivity index (χ1v) is 12.1. The zero-order valence-electron chi connectivity index (χ0n) is 16.1. The van der Waals surface area contributed by atoms with Crippen LogP contribution in [0.25, 0.3) is 15.9 Å². The number of hydrogen-bond acceptors (Lipinski definition) is 8. The Morgan fingerprint density at radius 2 is 1.80 bits per heavy atom. The SMILES string of the molecule is Cc1cc(CSc2nnc(CSc3nc4ccccc4s3)n2-c2ccccc2)on1. The summed E-state index contributed by atoms with van der Waals surface area (Å²) in [6.45, 7) is 1.92. The first kappa shape index (κ1) is 19.3. The molecule has 0 aliphatic carbocycles. The molecule has 2 aromatic carbocycles. The lowest BCUT2D eigenvalue weighted by molar-refractivity contribution is 0.391. The highest BCUT2D eigenvalue weighted by atomic mass is 32.2. The largest absolute Gasteiger partial charge is 0.360 e. The minimum Gasteiger partial charge on any atom is -0.360 e. The van der Waals surface area contributed by atoms with Crippen molar-refractivity contribution in [3.05, 3.63) is 77.9 Å². The van der Waals surface area contributed by atoms with Crippen LogP contribution in [0.2, 0.25) is 0 Å². The molecule has 9 heteroatoms. The number of thiazole rings is 1. The third-order valence-electron chi connectivity index (χ3n) is 4.33. The molecule has 0 N–H and O–H groups in total. The Labute approximate surface area is 185 Å². The Balaban J connectivity index is 1.40. The van der Waals surface area contributed by atoms with Crippen LogP contribution in [-0.4, -0.2) is 24.9 Å². The van der Waals surface area contributed by atoms with Crippen molar-refractivity contribution in [2.24, 2.45) is 0 Å². The van der Waals surface area contributed by atoms with Crippen molar-refractivity contribution >= 4 is 45.1 Å². The highest BCUT2D eigenvalue weighted by Crippen LogP contribution is 2.33. The van der Waals surface area contributed by atoms with E-state index in [1.165, 1.54) is 4.70 Å². The van der Waals surface area contributed by atoms with Crippen molar-refractivity contribution in [1.29, 1.82) is 0 Å². The van der Waals surface area contributed by atoms with Gasteiger partial charge in [-0.05, 0) is 31.2 Å². The van der Waals surface area contributed by atoms with Gasteiger partial charge in [-0.2, -0.15) is 0 Å². The molecule has 3 heterocycles. The molecule has 0 unspecified atom stereocenters. The van der Waals surface area contributed by atoms with E-state index in [0.29, 0.717) is 11.5 Å². The number of thioether (sulfide) groups is 2. The summed E-state index contributed by atoms with van der Waals surface area (Å²) < 4.78 is 9.67. The zero-order valence-corrected chi connectivity index (χ0v) is 18.5. The van der Waals surface area contributed by atoms with Gasteiger partial charge in [-0.3, -0.25) is 4.57 Å². The number of para-hydroxylation sites is 2. The summed E-state index contributed by atoms with van der Waals surface area (Å²) in [6.07, 6.45) is 0. The number of hydrogen-bond donors (Lipinski definition) is 0. The molecule has 150 valence electrons. The molecule has 0 amide bonds. The van der Waals surface area contributed by atoms with Gasteiger partial charge in [0.25, 0.3) is 0 Å². The van der Waals surface area contributed by atoms with E-state index in [9.17, 15) is 0 Å². The van der Waals surface area contributed by atoms with Crippen LogP contribution in [0.1, 0.15) is 17.3 Å². The van der Waals surface area contributed by atoms with Gasteiger partial charge in [0.15, 0.2) is 9.50 Å². The molecule has 0 radical (unpaired) electrons. The first-order chi connectivity index (χ1) is 14.8. The van der Waals surface area contributed by atoms with E-state index in [1.807, 2.05) is 49.4 Å². The Morgan fingerprint density at radius 1 is 0.967 bits per heavy atom. The average Bonchev–Trinajstić information content (AvgIpc) is 3.49. The van der Waals surface area contributed by atoms with E-state index in [1.54, 1.807) is 34.9 Å². The number of benzene rings is 2. The lowest BCUT2D eigenvalue weighted by atomic mass is 10.3. The molecule has 0 spiro atoms. The summed E-state index contributed by atoms with van der Waals surface area (Å²) >= 11 is 4.98. The predicted molar refractivity (Wildman–Crippen MR) is 121 cm³/mol. The van der Waals surface area contributed by atoms with Crippen LogP contribution in [0.3, 0.4) is 0 Å². The minimum atomic E-state index is 0.650. The highest BCUT2D eigenvalue weighted by Gasteiger charge is 2.16. The third-order valence-corrected chi connectivity index (χ3v) is 7.46. The maximum atomic E-state index is 5.33. The fourth-order valence-corrected chi connectivity index (χ4v) is 5.81. The lowest BCUT2D eigenvalue weighted by Gasteiger charge is -2.09. The van der Waals surface area contributed by atoms with Crippen LogP contribution in [0.15, 0.2) is 74.7 Å². The molecule has 6 nitrogen and oxygen atoms in total. The van der Waals surface area contributed by atoms with Crippen molar-refractivity contribution in [3.8, 4) is 5.69 Å². The zero-order chi connectivity index (χ0) is 20.3. The van der Waals surface area contributed by atoms with Gasteiger partial charge in [-0.15, -0.1) is 21.5 Å². The van der Waals surface area contributed by atoms with Crippen molar-refractivity contribution in [2.45, 2.75) is 27.9 Å². The standard InChI is InChI=1S/C21H17N5OS3/c1-14-11-16(27-25-14)12-28-20-24-23-19(26(20)15-7-3-2-4-8-15)13-29-21-22-17-9-5-6-10-18(17)30-21/h2-11H,12-13H2,1H3. The van der Waals surface area contributed by atoms with Gasteiger partial charge in [0.2, 0.25) is 0 Å². The molecule has 3 aromatic heterocycles. The fourth-order valence-electron chi connectivity index (χ4n) is 2.98. The van der Waals surface area contributed by atoms with Crippen molar-refractivity contribution in [1.82, 2.24) is 24.9 Å². The second-order valence-electron chi connectivity index (χ2n) is 6.53. The third kappa shape index (κ3) is 4.14. The van der Waals surface area contributed by atoms with Gasteiger partial charge in [-0.1, -0.05) is 59.0 Å². The average molecular weight is 452 g/mol. The number of aryl methyl sites for hydroxylation is 1. The molecule has 0 atom stereocenters. The number of rotatable bonds is 7. The Morgan fingerprint density at radius 3 is 2.60 bits per heavy atom. The van der Waals surface area contributed by atoms with Crippen LogP contribution >= 0.6 is 34.9 Å². The van der Waals surface area contributed by atoms with Crippen LogP contribution in [-0.2, 0) is 11.5 Å².